The molecule has 0 saturated heterocycles. The van der Waals surface area contributed by atoms with E-state index in [0.29, 0.717) is 5.92 Å². The largest absolute Gasteiger partial charge is 0.418 e. The summed E-state index contributed by atoms with van der Waals surface area (Å²) in [5, 5.41) is 2.63. The second kappa shape index (κ2) is 6.33. The van der Waals surface area contributed by atoms with Gasteiger partial charge in [-0.3, -0.25) is 4.79 Å². The maximum atomic E-state index is 12.8. The Morgan fingerprint density at radius 1 is 1.25 bits per heavy atom. The average molecular weight is 290 g/mol. The number of nitrogens with zero attached hydrogens (tertiary/aromatic N) is 1. The summed E-state index contributed by atoms with van der Waals surface area (Å²) in [6, 6.07) is -0.147. The van der Waals surface area contributed by atoms with Gasteiger partial charge in [-0.15, -0.1) is 0 Å². The van der Waals surface area contributed by atoms with Gasteiger partial charge in [0, 0.05) is 25.5 Å². The summed E-state index contributed by atoms with van der Waals surface area (Å²) in [6.45, 7) is 5.93. The van der Waals surface area contributed by atoms with Crippen LogP contribution in [-0.4, -0.2) is 16.5 Å². The molecule has 1 rings (SSSR count). The van der Waals surface area contributed by atoms with E-state index in [9.17, 15) is 18.0 Å². The van der Waals surface area contributed by atoms with Crippen LogP contribution in [0.2, 0.25) is 0 Å². The number of carbonyl (C=O) groups excluding carboxylic acids is 1. The molecule has 0 fully saturated rings. The van der Waals surface area contributed by atoms with Gasteiger partial charge in [0.2, 0.25) is 0 Å². The first-order valence-corrected chi connectivity index (χ1v) is 6.65. The first kappa shape index (κ1) is 16.6. The van der Waals surface area contributed by atoms with Crippen LogP contribution in [0.4, 0.5) is 13.2 Å². The Labute approximate surface area is 117 Å². The highest BCUT2D eigenvalue weighted by Crippen LogP contribution is 2.32. The fourth-order valence-electron chi connectivity index (χ4n) is 1.95. The van der Waals surface area contributed by atoms with Crippen molar-refractivity contribution in [1.29, 1.82) is 0 Å². The van der Waals surface area contributed by atoms with Crippen LogP contribution in [0, 0.1) is 5.92 Å². The number of hydrogen-bond acceptors (Lipinski definition) is 1. The first-order chi connectivity index (χ1) is 9.11. The van der Waals surface area contributed by atoms with Crippen molar-refractivity contribution in [2.75, 3.05) is 0 Å². The molecule has 0 spiro atoms. The minimum Gasteiger partial charge on any atom is -0.356 e. The Morgan fingerprint density at radius 3 is 2.35 bits per heavy atom. The zero-order chi connectivity index (χ0) is 15.5. The summed E-state index contributed by atoms with van der Waals surface area (Å²) >= 11 is 0. The number of rotatable bonds is 5. The fourth-order valence-corrected chi connectivity index (χ4v) is 1.95. The van der Waals surface area contributed by atoms with Crippen LogP contribution < -0.4 is 5.32 Å². The van der Waals surface area contributed by atoms with E-state index in [1.54, 1.807) is 6.92 Å². The molecule has 1 amide bonds. The SMILES string of the molecule is CC(C)CCC(C)NC(=O)c1cn(C)cc1C(F)(F)F. The molecule has 0 bridgehead atoms. The van der Waals surface area contributed by atoms with Gasteiger partial charge in [-0.2, -0.15) is 13.2 Å². The molecule has 1 unspecified atom stereocenters. The molecule has 3 nitrogen and oxygen atoms in total. The minimum atomic E-state index is -4.52. The van der Waals surface area contributed by atoms with Crippen molar-refractivity contribution in [3.8, 4) is 0 Å². The molecular formula is C14H21F3N2O. The first-order valence-electron chi connectivity index (χ1n) is 6.65. The van der Waals surface area contributed by atoms with E-state index in [0.717, 1.165) is 19.0 Å². The number of amides is 1. The molecule has 1 heterocycles. The minimum absolute atomic E-state index is 0.147. The molecule has 0 radical (unpaired) electrons. The number of aromatic nitrogens is 1. The molecule has 1 atom stereocenters. The molecule has 0 aliphatic rings. The van der Waals surface area contributed by atoms with E-state index in [1.807, 2.05) is 0 Å². The predicted octanol–water partition coefficient (Wildman–Crippen LogP) is 3.60. The van der Waals surface area contributed by atoms with Gasteiger partial charge in [-0.1, -0.05) is 13.8 Å². The molecule has 1 N–H and O–H groups in total. The molecule has 1 aromatic rings. The van der Waals surface area contributed by atoms with Crippen LogP contribution >= 0.6 is 0 Å². The molecular weight excluding hydrogens is 269 g/mol. The van der Waals surface area contributed by atoms with E-state index in [4.69, 9.17) is 0 Å². The summed E-state index contributed by atoms with van der Waals surface area (Å²) in [5.41, 5.74) is -1.22. The third-order valence-corrected chi connectivity index (χ3v) is 3.06. The topological polar surface area (TPSA) is 34.0 Å². The van der Waals surface area contributed by atoms with Crippen molar-refractivity contribution >= 4 is 5.91 Å². The van der Waals surface area contributed by atoms with Crippen LogP contribution in [-0.2, 0) is 13.2 Å². The van der Waals surface area contributed by atoms with Crippen molar-refractivity contribution in [1.82, 2.24) is 9.88 Å². The Balaban J connectivity index is 2.78. The standard InChI is InChI=1S/C14H21F3N2O/c1-9(2)5-6-10(3)18-13(20)11-7-19(4)8-12(11)14(15,16)17/h7-10H,5-6H2,1-4H3,(H,18,20). The van der Waals surface area contributed by atoms with Crippen LogP contribution in [0.5, 0.6) is 0 Å². The van der Waals surface area contributed by atoms with Crippen molar-refractivity contribution in [3.05, 3.63) is 23.5 Å². The van der Waals surface area contributed by atoms with Crippen molar-refractivity contribution in [2.24, 2.45) is 13.0 Å². The summed E-state index contributed by atoms with van der Waals surface area (Å²) in [7, 11) is 1.47. The Bertz CT molecular complexity index is 463. The van der Waals surface area contributed by atoms with Gasteiger partial charge in [-0.25, -0.2) is 0 Å². The second-order valence-electron chi connectivity index (χ2n) is 5.59. The smallest absolute Gasteiger partial charge is 0.356 e. The number of halogens is 3. The quantitative estimate of drug-likeness (QED) is 0.883. The highest BCUT2D eigenvalue weighted by Gasteiger charge is 2.36. The maximum Gasteiger partial charge on any atom is 0.418 e. The normalized spacial score (nSPS) is 13.6. The molecule has 0 aliphatic carbocycles. The Hall–Kier alpha value is -1.46. The zero-order valence-corrected chi connectivity index (χ0v) is 12.2. The molecule has 0 aliphatic heterocycles. The lowest BCUT2D eigenvalue weighted by Gasteiger charge is -2.15. The van der Waals surface area contributed by atoms with Crippen LogP contribution in [0.1, 0.15) is 49.5 Å². The second-order valence-corrected chi connectivity index (χ2v) is 5.59. The summed E-state index contributed by atoms with van der Waals surface area (Å²) in [5.74, 6) is -0.175. The maximum absolute atomic E-state index is 12.8. The lowest BCUT2D eigenvalue weighted by molar-refractivity contribution is -0.137. The fraction of sp³-hybridized carbons (Fsp3) is 0.643. The third kappa shape index (κ3) is 4.58. The summed E-state index contributed by atoms with van der Waals surface area (Å²) in [4.78, 5) is 12.0. The number of aryl methyl sites for hydroxylation is 1. The average Bonchev–Trinajstić information content (AvgIpc) is 2.68. The van der Waals surface area contributed by atoms with Crippen molar-refractivity contribution < 1.29 is 18.0 Å². The third-order valence-electron chi connectivity index (χ3n) is 3.06. The van der Waals surface area contributed by atoms with Crippen molar-refractivity contribution in [3.63, 3.8) is 0 Å². The molecule has 0 saturated carbocycles. The van der Waals surface area contributed by atoms with Gasteiger partial charge < -0.3 is 9.88 Å². The van der Waals surface area contributed by atoms with E-state index in [-0.39, 0.29) is 11.6 Å². The van der Waals surface area contributed by atoms with Crippen LogP contribution in [0.25, 0.3) is 0 Å². The van der Waals surface area contributed by atoms with Gasteiger partial charge in [0.05, 0.1) is 11.1 Å². The van der Waals surface area contributed by atoms with Crippen LogP contribution in [0.15, 0.2) is 12.4 Å². The van der Waals surface area contributed by atoms with E-state index in [2.05, 4.69) is 19.2 Å². The van der Waals surface area contributed by atoms with E-state index >= 15 is 0 Å². The summed E-state index contributed by atoms with van der Waals surface area (Å²) < 4.78 is 39.7. The Kier molecular flexibility index (Phi) is 5.25. The molecule has 20 heavy (non-hydrogen) atoms. The lowest BCUT2D eigenvalue weighted by Crippen LogP contribution is -2.33. The lowest BCUT2D eigenvalue weighted by atomic mass is 10.0. The Morgan fingerprint density at radius 2 is 1.85 bits per heavy atom. The zero-order valence-electron chi connectivity index (χ0n) is 12.2. The highest BCUT2D eigenvalue weighted by molar-refractivity contribution is 5.96. The summed E-state index contributed by atoms with van der Waals surface area (Å²) in [6.07, 6.45) is -0.726. The van der Waals surface area contributed by atoms with E-state index in [1.165, 1.54) is 17.8 Å². The van der Waals surface area contributed by atoms with Crippen LogP contribution in [0.3, 0.4) is 0 Å². The van der Waals surface area contributed by atoms with E-state index < -0.39 is 17.6 Å². The molecule has 114 valence electrons. The molecule has 0 aromatic carbocycles. The van der Waals surface area contributed by atoms with Gasteiger partial charge in [0.25, 0.3) is 5.91 Å². The highest BCUT2D eigenvalue weighted by atomic mass is 19.4. The van der Waals surface area contributed by atoms with Crippen molar-refractivity contribution in [2.45, 2.75) is 45.8 Å². The number of nitrogens with one attached hydrogen (secondary N) is 1. The van der Waals surface area contributed by atoms with Gasteiger partial charge in [-0.05, 0) is 25.7 Å². The number of hydrogen-bond donors (Lipinski definition) is 1. The predicted molar refractivity (Wildman–Crippen MR) is 71.4 cm³/mol. The molecule has 6 heteroatoms. The number of carbonyl (C=O) groups is 1. The monoisotopic (exact) mass is 290 g/mol. The molecule has 1 aromatic heterocycles. The van der Waals surface area contributed by atoms with Gasteiger partial charge >= 0.3 is 6.18 Å². The van der Waals surface area contributed by atoms with Gasteiger partial charge in [0.1, 0.15) is 0 Å². The number of alkyl halides is 3. The van der Waals surface area contributed by atoms with Gasteiger partial charge in [0.15, 0.2) is 0 Å².